The van der Waals surface area contributed by atoms with Crippen LogP contribution in [0.3, 0.4) is 0 Å². The topological polar surface area (TPSA) is 61.2 Å². The van der Waals surface area contributed by atoms with Gasteiger partial charge in [0.25, 0.3) is 5.56 Å². The summed E-state index contributed by atoms with van der Waals surface area (Å²) in [6.07, 6.45) is 0.677. The van der Waals surface area contributed by atoms with Gasteiger partial charge in [0.2, 0.25) is 0 Å². The van der Waals surface area contributed by atoms with Gasteiger partial charge in [-0.25, -0.2) is 4.68 Å². The second kappa shape index (κ2) is 6.17. The van der Waals surface area contributed by atoms with E-state index in [-0.39, 0.29) is 18.7 Å². The van der Waals surface area contributed by atoms with Gasteiger partial charge in [0.15, 0.2) is 0 Å². The fraction of sp³-hybridized carbons (Fsp3) is 0.357. The molecule has 0 N–H and O–H groups in total. The quantitative estimate of drug-likeness (QED) is 0.802. The van der Waals surface area contributed by atoms with Gasteiger partial charge in [0.1, 0.15) is 6.54 Å². The molecule has 0 spiro atoms. The molecule has 0 aliphatic carbocycles. The summed E-state index contributed by atoms with van der Waals surface area (Å²) in [5, 5.41) is 5.64. The van der Waals surface area contributed by atoms with E-state index in [1.165, 1.54) is 4.68 Å². The van der Waals surface area contributed by atoms with Crippen molar-refractivity contribution < 1.29 is 9.53 Å². The van der Waals surface area contributed by atoms with Crippen LogP contribution >= 0.6 is 15.9 Å². The van der Waals surface area contributed by atoms with E-state index in [0.29, 0.717) is 11.8 Å². The van der Waals surface area contributed by atoms with Crippen LogP contribution in [0.25, 0.3) is 10.8 Å². The third kappa shape index (κ3) is 2.90. The Morgan fingerprint density at radius 3 is 2.75 bits per heavy atom. The van der Waals surface area contributed by atoms with Gasteiger partial charge in [0, 0.05) is 9.86 Å². The Bertz CT molecular complexity index is 709. The molecule has 0 amide bonds. The van der Waals surface area contributed by atoms with Crippen LogP contribution in [0.15, 0.2) is 27.5 Å². The molecular formula is C14H15BrN2O3. The lowest BCUT2D eigenvalue weighted by Crippen LogP contribution is -2.29. The van der Waals surface area contributed by atoms with Gasteiger partial charge in [-0.1, -0.05) is 22.9 Å². The number of halogens is 1. The van der Waals surface area contributed by atoms with E-state index >= 15 is 0 Å². The molecule has 0 saturated carbocycles. The third-order valence-corrected chi connectivity index (χ3v) is 3.41. The van der Waals surface area contributed by atoms with Gasteiger partial charge < -0.3 is 4.74 Å². The molecule has 0 unspecified atom stereocenters. The van der Waals surface area contributed by atoms with Gasteiger partial charge >= 0.3 is 5.97 Å². The standard InChI is InChI=1S/C14H15BrN2O3/c1-3-12-11-7-9(15)5-6-10(11)14(19)17(16-12)8-13(18)20-4-2/h5-7H,3-4,8H2,1-2H3. The molecule has 0 fully saturated rings. The molecule has 0 atom stereocenters. The number of esters is 1. The Hall–Kier alpha value is -1.69. The van der Waals surface area contributed by atoms with Crippen LogP contribution < -0.4 is 5.56 Å². The average molecular weight is 339 g/mol. The number of ether oxygens (including phenoxy) is 1. The molecule has 1 aromatic carbocycles. The van der Waals surface area contributed by atoms with Crippen LogP contribution in [0, 0.1) is 0 Å². The maximum absolute atomic E-state index is 12.3. The maximum Gasteiger partial charge on any atom is 0.327 e. The van der Waals surface area contributed by atoms with Crippen molar-refractivity contribution in [3.8, 4) is 0 Å². The summed E-state index contributed by atoms with van der Waals surface area (Å²) in [4.78, 5) is 23.9. The van der Waals surface area contributed by atoms with Crippen molar-refractivity contribution in [2.45, 2.75) is 26.8 Å². The van der Waals surface area contributed by atoms with E-state index in [0.717, 1.165) is 15.6 Å². The molecule has 2 rings (SSSR count). The van der Waals surface area contributed by atoms with E-state index in [1.807, 2.05) is 13.0 Å². The molecule has 0 aliphatic heterocycles. The number of hydrogen-bond acceptors (Lipinski definition) is 4. The highest BCUT2D eigenvalue weighted by Crippen LogP contribution is 2.19. The van der Waals surface area contributed by atoms with E-state index in [2.05, 4.69) is 21.0 Å². The van der Waals surface area contributed by atoms with Gasteiger partial charge in [-0.15, -0.1) is 0 Å². The largest absolute Gasteiger partial charge is 0.465 e. The van der Waals surface area contributed by atoms with Crippen LogP contribution in [0.2, 0.25) is 0 Å². The zero-order valence-electron chi connectivity index (χ0n) is 11.4. The van der Waals surface area contributed by atoms with Crippen molar-refractivity contribution in [1.29, 1.82) is 0 Å². The Labute approximate surface area is 124 Å². The summed E-state index contributed by atoms with van der Waals surface area (Å²) in [6, 6.07) is 5.42. The Balaban J connectivity index is 2.57. The predicted molar refractivity (Wildman–Crippen MR) is 79.7 cm³/mol. The van der Waals surface area contributed by atoms with Gasteiger partial charge in [-0.05, 0) is 31.5 Å². The number of rotatable bonds is 4. The lowest BCUT2D eigenvalue weighted by Gasteiger charge is -2.09. The fourth-order valence-corrected chi connectivity index (χ4v) is 2.38. The highest BCUT2D eigenvalue weighted by atomic mass is 79.9. The fourth-order valence-electron chi connectivity index (χ4n) is 2.02. The number of carbonyl (C=O) groups is 1. The van der Waals surface area contributed by atoms with Crippen LogP contribution in [-0.2, 0) is 22.5 Å². The normalized spacial score (nSPS) is 10.8. The van der Waals surface area contributed by atoms with Gasteiger partial charge in [-0.2, -0.15) is 5.10 Å². The van der Waals surface area contributed by atoms with Crippen LogP contribution in [-0.4, -0.2) is 22.4 Å². The molecule has 20 heavy (non-hydrogen) atoms. The first-order chi connectivity index (χ1) is 9.56. The van der Waals surface area contributed by atoms with Crippen molar-refractivity contribution in [3.63, 3.8) is 0 Å². The van der Waals surface area contributed by atoms with Crippen molar-refractivity contribution in [1.82, 2.24) is 9.78 Å². The summed E-state index contributed by atoms with van der Waals surface area (Å²) < 4.78 is 6.93. The molecule has 1 heterocycles. The first-order valence-electron chi connectivity index (χ1n) is 6.41. The first kappa shape index (κ1) is 14.7. The van der Waals surface area contributed by atoms with Crippen LogP contribution in [0.1, 0.15) is 19.5 Å². The molecule has 2 aromatic rings. The number of benzene rings is 1. The zero-order chi connectivity index (χ0) is 14.7. The highest BCUT2D eigenvalue weighted by molar-refractivity contribution is 9.10. The number of hydrogen-bond donors (Lipinski definition) is 0. The third-order valence-electron chi connectivity index (χ3n) is 2.92. The lowest BCUT2D eigenvalue weighted by molar-refractivity contribution is -0.144. The van der Waals surface area contributed by atoms with E-state index < -0.39 is 5.97 Å². The number of carbonyl (C=O) groups excluding carboxylic acids is 1. The Morgan fingerprint density at radius 1 is 1.35 bits per heavy atom. The van der Waals surface area contributed by atoms with Crippen molar-refractivity contribution in [2.24, 2.45) is 0 Å². The molecule has 106 valence electrons. The molecule has 0 radical (unpaired) electrons. The summed E-state index contributed by atoms with van der Waals surface area (Å²) in [6.45, 7) is 3.81. The number of aromatic nitrogens is 2. The maximum atomic E-state index is 12.3. The summed E-state index contributed by atoms with van der Waals surface area (Å²) in [5.74, 6) is -0.458. The molecule has 0 saturated heterocycles. The first-order valence-corrected chi connectivity index (χ1v) is 7.21. The number of fused-ring (bicyclic) bond motifs is 1. The summed E-state index contributed by atoms with van der Waals surface area (Å²) in [7, 11) is 0. The lowest BCUT2D eigenvalue weighted by atomic mass is 10.1. The molecule has 0 bridgehead atoms. The minimum Gasteiger partial charge on any atom is -0.465 e. The Morgan fingerprint density at radius 2 is 2.10 bits per heavy atom. The minimum absolute atomic E-state index is 0.161. The van der Waals surface area contributed by atoms with E-state index in [1.54, 1.807) is 19.1 Å². The second-order valence-electron chi connectivity index (χ2n) is 4.26. The number of nitrogens with zero attached hydrogens (tertiary/aromatic N) is 2. The Kier molecular flexibility index (Phi) is 4.54. The smallest absolute Gasteiger partial charge is 0.327 e. The van der Waals surface area contributed by atoms with Crippen LogP contribution in [0.4, 0.5) is 0 Å². The molecule has 5 nitrogen and oxygen atoms in total. The minimum atomic E-state index is -0.458. The second-order valence-corrected chi connectivity index (χ2v) is 5.17. The molecule has 1 aromatic heterocycles. The highest BCUT2D eigenvalue weighted by Gasteiger charge is 2.12. The zero-order valence-corrected chi connectivity index (χ0v) is 12.9. The van der Waals surface area contributed by atoms with E-state index in [9.17, 15) is 9.59 Å². The van der Waals surface area contributed by atoms with E-state index in [4.69, 9.17) is 4.74 Å². The predicted octanol–water partition coefficient (Wildman–Crippen LogP) is 2.28. The van der Waals surface area contributed by atoms with Crippen molar-refractivity contribution >= 4 is 32.7 Å². The average Bonchev–Trinajstić information content (AvgIpc) is 2.42. The molecular weight excluding hydrogens is 324 g/mol. The molecule has 0 aliphatic rings. The monoisotopic (exact) mass is 338 g/mol. The van der Waals surface area contributed by atoms with Crippen molar-refractivity contribution in [3.05, 3.63) is 38.7 Å². The molecule has 6 heteroatoms. The number of aryl methyl sites for hydroxylation is 1. The van der Waals surface area contributed by atoms with Crippen molar-refractivity contribution in [2.75, 3.05) is 6.61 Å². The van der Waals surface area contributed by atoms with Crippen LogP contribution in [0.5, 0.6) is 0 Å². The SMILES string of the molecule is CCOC(=O)Cn1nc(CC)c2cc(Br)ccc2c1=O. The summed E-state index contributed by atoms with van der Waals surface area (Å²) >= 11 is 3.39. The van der Waals surface area contributed by atoms with Gasteiger partial charge in [0.05, 0.1) is 17.7 Å². The van der Waals surface area contributed by atoms with Gasteiger partial charge in [-0.3, -0.25) is 9.59 Å². The summed E-state index contributed by atoms with van der Waals surface area (Å²) in [5.41, 5.74) is 0.503.